The van der Waals surface area contributed by atoms with Crippen molar-refractivity contribution < 1.29 is 0 Å². The molecule has 4 nitrogen and oxygen atoms in total. The van der Waals surface area contributed by atoms with Gasteiger partial charge < -0.3 is 10.6 Å². The molecule has 2 rings (SSSR count). The first-order valence-electron chi connectivity index (χ1n) is 5.37. The predicted octanol–water partition coefficient (Wildman–Crippen LogP) is 1.62. The van der Waals surface area contributed by atoms with Crippen LogP contribution in [0.25, 0.3) is 0 Å². The molecule has 0 saturated carbocycles. The summed E-state index contributed by atoms with van der Waals surface area (Å²) in [5.41, 5.74) is 0.879. The van der Waals surface area contributed by atoms with E-state index in [-0.39, 0.29) is 5.28 Å². The maximum Gasteiger partial charge on any atom is 0.223 e. The third-order valence-electron chi connectivity index (χ3n) is 2.65. The van der Waals surface area contributed by atoms with Crippen molar-refractivity contribution in [2.75, 3.05) is 13.1 Å². The van der Waals surface area contributed by atoms with E-state index in [1.165, 1.54) is 12.8 Å². The summed E-state index contributed by atoms with van der Waals surface area (Å²) in [6.45, 7) is 2.74. The van der Waals surface area contributed by atoms with Gasteiger partial charge in [0, 0.05) is 30.9 Å². The molecule has 1 aliphatic rings. The van der Waals surface area contributed by atoms with Crippen LogP contribution in [0, 0.1) is 0 Å². The monoisotopic (exact) mass is 260 g/mol. The molecule has 0 bridgehead atoms. The standard InChI is InChI=1S/C10H14Cl2N4/c11-9-7(5-15-10(12)16-9)4-13-6-8-2-1-3-14-8/h5,8,13-14H,1-4,6H2/t8-/m0/s1. The van der Waals surface area contributed by atoms with E-state index in [0.717, 1.165) is 18.7 Å². The molecule has 1 aromatic heterocycles. The highest BCUT2D eigenvalue weighted by atomic mass is 35.5. The largest absolute Gasteiger partial charge is 0.313 e. The Kier molecular flexibility index (Phi) is 4.35. The smallest absolute Gasteiger partial charge is 0.223 e. The lowest BCUT2D eigenvalue weighted by Gasteiger charge is -2.11. The molecule has 2 N–H and O–H groups in total. The summed E-state index contributed by atoms with van der Waals surface area (Å²) in [4.78, 5) is 7.79. The van der Waals surface area contributed by atoms with Crippen molar-refractivity contribution in [2.24, 2.45) is 0 Å². The minimum atomic E-state index is 0.186. The summed E-state index contributed by atoms with van der Waals surface area (Å²) < 4.78 is 0. The van der Waals surface area contributed by atoms with Crippen molar-refractivity contribution in [3.05, 3.63) is 22.2 Å². The van der Waals surface area contributed by atoms with Gasteiger partial charge in [0.05, 0.1) is 0 Å². The van der Waals surface area contributed by atoms with Crippen LogP contribution in [0.5, 0.6) is 0 Å². The lowest BCUT2D eigenvalue weighted by Crippen LogP contribution is -2.33. The fourth-order valence-corrected chi connectivity index (χ4v) is 2.17. The molecule has 0 aromatic carbocycles. The molecular formula is C10H14Cl2N4. The molecule has 16 heavy (non-hydrogen) atoms. The van der Waals surface area contributed by atoms with Crippen LogP contribution >= 0.6 is 23.2 Å². The molecule has 88 valence electrons. The van der Waals surface area contributed by atoms with E-state index in [0.29, 0.717) is 17.7 Å². The molecule has 6 heteroatoms. The van der Waals surface area contributed by atoms with Gasteiger partial charge in [0.15, 0.2) is 0 Å². The summed E-state index contributed by atoms with van der Waals surface area (Å²) in [6, 6.07) is 0.576. The van der Waals surface area contributed by atoms with Crippen molar-refractivity contribution in [3.8, 4) is 0 Å². The molecule has 0 aliphatic carbocycles. The molecule has 1 saturated heterocycles. The second kappa shape index (κ2) is 5.77. The Bertz CT molecular complexity index is 353. The Morgan fingerprint density at radius 3 is 3.06 bits per heavy atom. The van der Waals surface area contributed by atoms with E-state index in [9.17, 15) is 0 Å². The lowest BCUT2D eigenvalue weighted by atomic mass is 10.2. The minimum absolute atomic E-state index is 0.186. The first-order chi connectivity index (χ1) is 7.75. The van der Waals surface area contributed by atoms with Gasteiger partial charge in [-0.25, -0.2) is 9.97 Å². The second-order valence-corrected chi connectivity index (χ2v) is 4.58. The van der Waals surface area contributed by atoms with E-state index < -0.39 is 0 Å². The quantitative estimate of drug-likeness (QED) is 0.639. The average molecular weight is 261 g/mol. The number of nitrogens with zero attached hydrogens (tertiary/aromatic N) is 2. The number of halogens is 2. The molecule has 0 unspecified atom stereocenters. The third-order valence-corrected chi connectivity index (χ3v) is 3.16. The van der Waals surface area contributed by atoms with Gasteiger partial charge in [0.2, 0.25) is 5.28 Å². The molecular weight excluding hydrogens is 247 g/mol. The molecule has 1 fully saturated rings. The maximum absolute atomic E-state index is 5.93. The molecule has 0 radical (unpaired) electrons. The number of rotatable bonds is 4. The van der Waals surface area contributed by atoms with E-state index >= 15 is 0 Å². The zero-order valence-corrected chi connectivity index (χ0v) is 10.4. The van der Waals surface area contributed by atoms with Crippen LogP contribution in [0.15, 0.2) is 6.20 Å². The number of nitrogens with one attached hydrogen (secondary N) is 2. The van der Waals surface area contributed by atoms with Crippen LogP contribution < -0.4 is 10.6 Å². The highest BCUT2D eigenvalue weighted by molar-refractivity contribution is 6.32. The van der Waals surface area contributed by atoms with Gasteiger partial charge in [-0.1, -0.05) is 11.6 Å². The summed E-state index contributed by atoms with van der Waals surface area (Å²) >= 11 is 11.6. The SMILES string of the molecule is Clc1ncc(CNC[C@@H]2CCCN2)c(Cl)n1. The number of hydrogen-bond donors (Lipinski definition) is 2. The highest BCUT2D eigenvalue weighted by Gasteiger charge is 2.13. The first-order valence-corrected chi connectivity index (χ1v) is 6.12. The van der Waals surface area contributed by atoms with E-state index in [1.807, 2.05) is 0 Å². The maximum atomic E-state index is 5.93. The Morgan fingerprint density at radius 2 is 2.38 bits per heavy atom. The zero-order chi connectivity index (χ0) is 11.4. The summed E-state index contributed by atoms with van der Waals surface area (Å²) in [6.07, 6.45) is 4.15. The molecule has 1 aromatic rings. The minimum Gasteiger partial charge on any atom is -0.313 e. The summed E-state index contributed by atoms with van der Waals surface area (Å²) in [5, 5.41) is 7.36. The first kappa shape index (κ1) is 12.0. The van der Waals surface area contributed by atoms with Gasteiger partial charge in [-0.05, 0) is 31.0 Å². The third kappa shape index (κ3) is 3.28. The number of hydrogen-bond acceptors (Lipinski definition) is 4. The Morgan fingerprint density at radius 1 is 1.50 bits per heavy atom. The Hall–Kier alpha value is -0.420. The second-order valence-electron chi connectivity index (χ2n) is 3.88. The van der Waals surface area contributed by atoms with Crippen molar-refractivity contribution in [1.29, 1.82) is 0 Å². The fraction of sp³-hybridized carbons (Fsp3) is 0.600. The van der Waals surface area contributed by atoms with Crippen molar-refractivity contribution in [1.82, 2.24) is 20.6 Å². The van der Waals surface area contributed by atoms with Gasteiger partial charge in [0.1, 0.15) is 5.15 Å². The molecule has 1 atom stereocenters. The molecule has 0 spiro atoms. The van der Waals surface area contributed by atoms with Crippen molar-refractivity contribution >= 4 is 23.2 Å². The summed E-state index contributed by atoms with van der Waals surface area (Å²) in [5.74, 6) is 0. The van der Waals surface area contributed by atoms with Crippen molar-refractivity contribution in [3.63, 3.8) is 0 Å². The Balaban J connectivity index is 1.80. The lowest BCUT2D eigenvalue weighted by molar-refractivity contribution is 0.535. The van der Waals surface area contributed by atoms with Gasteiger partial charge >= 0.3 is 0 Å². The van der Waals surface area contributed by atoms with Crippen LogP contribution in [-0.4, -0.2) is 29.1 Å². The number of aromatic nitrogens is 2. The predicted molar refractivity (Wildman–Crippen MR) is 64.8 cm³/mol. The van der Waals surface area contributed by atoms with Gasteiger partial charge in [-0.15, -0.1) is 0 Å². The highest BCUT2D eigenvalue weighted by Crippen LogP contribution is 2.13. The van der Waals surface area contributed by atoms with Crippen molar-refractivity contribution in [2.45, 2.75) is 25.4 Å². The molecule has 1 aliphatic heterocycles. The summed E-state index contributed by atoms with van der Waals surface area (Å²) in [7, 11) is 0. The normalized spacial score (nSPS) is 20.2. The average Bonchev–Trinajstić information content (AvgIpc) is 2.74. The van der Waals surface area contributed by atoms with Crippen LogP contribution in [0.1, 0.15) is 18.4 Å². The van der Waals surface area contributed by atoms with Gasteiger partial charge in [0.25, 0.3) is 0 Å². The van der Waals surface area contributed by atoms with E-state index in [2.05, 4.69) is 20.6 Å². The van der Waals surface area contributed by atoms with Crippen LogP contribution in [0.2, 0.25) is 10.4 Å². The van der Waals surface area contributed by atoms with Crippen LogP contribution in [0.3, 0.4) is 0 Å². The van der Waals surface area contributed by atoms with Crippen LogP contribution in [0.4, 0.5) is 0 Å². The van der Waals surface area contributed by atoms with Gasteiger partial charge in [-0.3, -0.25) is 0 Å². The zero-order valence-electron chi connectivity index (χ0n) is 8.84. The Labute approximate surface area is 105 Å². The van der Waals surface area contributed by atoms with E-state index in [4.69, 9.17) is 23.2 Å². The van der Waals surface area contributed by atoms with Gasteiger partial charge in [-0.2, -0.15) is 0 Å². The molecule has 2 heterocycles. The molecule has 0 amide bonds. The van der Waals surface area contributed by atoms with Crippen LogP contribution in [-0.2, 0) is 6.54 Å². The topological polar surface area (TPSA) is 49.8 Å². The fourth-order valence-electron chi connectivity index (χ4n) is 1.80. The van der Waals surface area contributed by atoms with E-state index in [1.54, 1.807) is 6.20 Å².